The second-order valence-corrected chi connectivity index (χ2v) is 5.72. The fourth-order valence-corrected chi connectivity index (χ4v) is 2.72. The number of pyridine rings is 1. The van der Waals surface area contributed by atoms with Crippen molar-refractivity contribution in [3.8, 4) is 11.3 Å². The SMILES string of the molecule is Clc1ccccc1CNc1ccc2ncc(-c3ccncc3)n2n1. The van der Waals surface area contributed by atoms with Gasteiger partial charge in [0.1, 0.15) is 5.82 Å². The third-order valence-electron chi connectivity index (χ3n) is 3.76. The molecule has 24 heavy (non-hydrogen) atoms. The van der Waals surface area contributed by atoms with Gasteiger partial charge in [-0.05, 0) is 35.9 Å². The zero-order chi connectivity index (χ0) is 16.4. The minimum absolute atomic E-state index is 0.609. The molecule has 0 spiro atoms. The Morgan fingerprint density at radius 2 is 1.83 bits per heavy atom. The Kier molecular flexibility index (Phi) is 3.84. The number of rotatable bonds is 4. The smallest absolute Gasteiger partial charge is 0.154 e. The van der Waals surface area contributed by atoms with Gasteiger partial charge in [-0.2, -0.15) is 0 Å². The number of benzene rings is 1. The summed E-state index contributed by atoms with van der Waals surface area (Å²) in [7, 11) is 0. The Morgan fingerprint density at radius 1 is 1.00 bits per heavy atom. The fourth-order valence-electron chi connectivity index (χ4n) is 2.51. The van der Waals surface area contributed by atoms with E-state index in [0.717, 1.165) is 33.3 Å². The number of nitrogens with zero attached hydrogens (tertiary/aromatic N) is 4. The van der Waals surface area contributed by atoms with Crippen molar-refractivity contribution in [3.63, 3.8) is 0 Å². The molecular weight excluding hydrogens is 322 g/mol. The zero-order valence-corrected chi connectivity index (χ0v) is 13.5. The van der Waals surface area contributed by atoms with Crippen LogP contribution in [0, 0.1) is 0 Å². The minimum atomic E-state index is 0.609. The van der Waals surface area contributed by atoms with E-state index in [2.05, 4.69) is 20.4 Å². The van der Waals surface area contributed by atoms with Crippen LogP contribution in [0.2, 0.25) is 5.02 Å². The average molecular weight is 336 g/mol. The summed E-state index contributed by atoms with van der Waals surface area (Å²) in [4.78, 5) is 8.45. The van der Waals surface area contributed by atoms with Crippen LogP contribution in [0.5, 0.6) is 0 Å². The molecule has 0 amide bonds. The van der Waals surface area contributed by atoms with Crippen molar-refractivity contribution >= 4 is 23.1 Å². The highest BCUT2D eigenvalue weighted by molar-refractivity contribution is 6.31. The second-order valence-electron chi connectivity index (χ2n) is 5.31. The maximum atomic E-state index is 6.19. The summed E-state index contributed by atoms with van der Waals surface area (Å²) in [5, 5.41) is 8.68. The number of hydrogen-bond donors (Lipinski definition) is 1. The largest absolute Gasteiger partial charge is 0.365 e. The Morgan fingerprint density at radius 3 is 2.67 bits per heavy atom. The zero-order valence-electron chi connectivity index (χ0n) is 12.7. The highest BCUT2D eigenvalue weighted by atomic mass is 35.5. The molecule has 5 nitrogen and oxygen atoms in total. The van der Waals surface area contributed by atoms with Crippen molar-refractivity contribution in [2.24, 2.45) is 0 Å². The summed E-state index contributed by atoms with van der Waals surface area (Å²) in [5.74, 6) is 0.760. The summed E-state index contributed by atoms with van der Waals surface area (Å²) >= 11 is 6.19. The van der Waals surface area contributed by atoms with E-state index in [1.165, 1.54) is 0 Å². The van der Waals surface area contributed by atoms with Gasteiger partial charge < -0.3 is 5.32 Å². The average Bonchev–Trinajstić information content (AvgIpc) is 3.05. The predicted octanol–water partition coefficient (Wildman–Crippen LogP) is 4.06. The quantitative estimate of drug-likeness (QED) is 0.611. The molecule has 6 heteroatoms. The molecule has 4 aromatic rings. The van der Waals surface area contributed by atoms with E-state index in [-0.39, 0.29) is 0 Å². The number of fused-ring (bicyclic) bond motifs is 1. The number of hydrogen-bond acceptors (Lipinski definition) is 4. The summed E-state index contributed by atoms with van der Waals surface area (Å²) < 4.78 is 1.82. The number of imidazole rings is 1. The molecule has 118 valence electrons. The maximum absolute atomic E-state index is 6.19. The molecule has 4 rings (SSSR count). The lowest BCUT2D eigenvalue weighted by molar-refractivity contribution is 0.931. The molecule has 3 heterocycles. The van der Waals surface area contributed by atoms with Gasteiger partial charge in [0.25, 0.3) is 0 Å². The van der Waals surface area contributed by atoms with Crippen LogP contribution in [0.1, 0.15) is 5.56 Å². The van der Waals surface area contributed by atoms with E-state index in [1.807, 2.05) is 59.2 Å². The van der Waals surface area contributed by atoms with E-state index in [0.29, 0.717) is 6.54 Å². The van der Waals surface area contributed by atoms with E-state index < -0.39 is 0 Å². The van der Waals surface area contributed by atoms with Crippen molar-refractivity contribution in [2.45, 2.75) is 6.54 Å². The number of nitrogens with one attached hydrogen (secondary N) is 1. The topological polar surface area (TPSA) is 55.1 Å². The lowest BCUT2D eigenvalue weighted by atomic mass is 10.2. The fraction of sp³-hybridized carbons (Fsp3) is 0.0556. The summed E-state index contributed by atoms with van der Waals surface area (Å²) in [5.41, 5.74) is 3.77. The van der Waals surface area contributed by atoms with Gasteiger partial charge in [-0.15, -0.1) is 5.10 Å². The van der Waals surface area contributed by atoms with Crippen molar-refractivity contribution in [1.82, 2.24) is 19.6 Å². The second kappa shape index (κ2) is 6.29. The van der Waals surface area contributed by atoms with Crippen molar-refractivity contribution in [1.29, 1.82) is 0 Å². The van der Waals surface area contributed by atoms with Crippen LogP contribution in [0.15, 0.2) is 67.1 Å². The molecule has 1 N–H and O–H groups in total. The molecule has 0 aliphatic carbocycles. The van der Waals surface area contributed by atoms with Gasteiger partial charge in [0.15, 0.2) is 5.65 Å². The number of anilines is 1. The highest BCUT2D eigenvalue weighted by Crippen LogP contribution is 2.21. The molecular formula is C18H14ClN5. The molecule has 0 aliphatic rings. The van der Waals surface area contributed by atoms with Gasteiger partial charge in [-0.25, -0.2) is 9.50 Å². The first-order valence-electron chi connectivity index (χ1n) is 7.54. The minimum Gasteiger partial charge on any atom is -0.365 e. The summed E-state index contributed by atoms with van der Waals surface area (Å²) in [6.45, 7) is 0.609. The molecule has 0 aliphatic heterocycles. The summed E-state index contributed by atoms with van der Waals surface area (Å²) in [6.07, 6.45) is 5.33. The number of halogens is 1. The van der Waals surface area contributed by atoms with Gasteiger partial charge in [0, 0.05) is 29.5 Å². The monoisotopic (exact) mass is 335 g/mol. The number of aromatic nitrogens is 4. The highest BCUT2D eigenvalue weighted by Gasteiger charge is 2.08. The summed E-state index contributed by atoms with van der Waals surface area (Å²) in [6, 6.07) is 15.5. The first-order valence-corrected chi connectivity index (χ1v) is 7.91. The molecule has 0 radical (unpaired) electrons. The van der Waals surface area contributed by atoms with Crippen molar-refractivity contribution < 1.29 is 0 Å². The molecule has 0 bridgehead atoms. The van der Waals surface area contributed by atoms with Crippen LogP contribution < -0.4 is 5.32 Å². The Bertz CT molecular complexity index is 981. The van der Waals surface area contributed by atoms with Crippen LogP contribution in [0.4, 0.5) is 5.82 Å². The molecule has 0 unspecified atom stereocenters. The maximum Gasteiger partial charge on any atom is 0.154 e. The molecule has 0 saturated heterocycles. The van der Waals surface area contributed by atoms with Crippen LogP contribution in [0.3, 0.4) is 0 Å². The van der Waals surface area contributed by atoms with Crippen LogP contribution in [0.25, 0.3) is 16.9 Å². The van der Waals surface area contributed by atoms with E-state index in [9.17, 15) is 0 Å². The normalized spacial score (nSPS) is 10.9. The van der Waals surface area contributed by atoms with Gasteiger partial charge in [-0.1, -0.05) is 29.8 Å². The lowest BCUT2D eigenvalue weighted by Crippen LogP contribution is -2.05. The van der Waals surface area contributed by atoms with Crippen molar-refractivity contribution in [3.05, 3.63) is 77.7 Å². The van der Waals surface area contributed by atoms with Crippen LogP contribution >= 0.6 is 11.6 Å². The van der Waals surface area contributed by atoms with Crippen molar-refractivity contribution in [2.75, 3.05) is 5.32 Å². The van der Waals surface area contributed by atoms with E-state index in [1.54, 1.807) is 12.4 Å². The molecule has 0 atom stereocenters. The van der Waals surface area contributed by atoms with Gasteiger partial charge >= 0.3 is 0 Å². The standard InChI is InChI=1S/C18H14ClN5/c19-15-4-2-1-3-14(15)11-21-17-5-6-18-22-12-16(24(18)23-17)13-7-9-20-10-8-13/h1-10,12H,11H2,(H,21,23). The van der Waals surface area contributed by atoms with Crippen LogP contribution in [-0.2, 0) is 6.54 Å². The predicted molar refractivity (Wildman–Crippen MR) is 95.0 cm³/mol. The molecule has 0 saturated carbocycles. The molecule has 1 aromatic carbocycles. The third kappa shape index (κ3) is 2.81. The first-order chi connectivity index (χ1) is 11.8. The third-order valence-corrected chi connectivity index (χ3v) is 4.12. The van der Waals surface area contributed by atoms with Gasteiger partial charge in [0.2, 0.25) is 0 Å². The van der Waals surface area contributed by atoms with Gasteiger partial charge in [0.05, 0.1) is 11.9 Å². The van der Waals surface area contributed by atoms with E-state index >= 15 is 0 Å². The van der Waals surface area contributed by atoms with Gasteiger partial charge in [-0.3, -0.25) is 4.98 Å². The molecule has 3 aromatic heterocycles. The first kappa shape index (κ1) is 14.7. The Hall–Kier alpha value is -2.92. The Balaban J connectivity index is 1.64. The lowest BCUT2D eigenvalue weighted by Gasteiger charge is -2.08. The molecule has 0 fully saturated rings. The van der Waals surface area contributed by atoms with E-state index in [4.69, 9.17) is 11.6 Å². The van der Waals surface area contributed by atoms with Crippen LogP contribution in [-0.4, -0.2) is 19.6 Å². The Labute approximate surface area is 144 Å².